The van der Waals surface area contributed by atoms with Crippen LogP contribution >= 0.6 is 0 Å². The number of benzene rings is 1. The zero-order valence-corrected chi connectivity index (χ0v) is 11.2. The van der Waals surface area contributed by atoms with Crippen molar-refractivity contribution in [1.29, 1.82) is 0 Å². The third-order valence-electron chi connectivity index (χ3n) is 3.41. The van der Waals surface area contributed by atoms with Gasteiger partial charge >= 0.3 is 6.18 Å². The Kier molecular flexibility index (Phi) is 4.52. The molecule has 6 nitrogen and oxygen atoms in total. The molecule has 122 valence electrons. The summed E-state index contributed by atoms with van der Waals surface area (Å²) < 4.78 is 53.7. The van der Waals surface area contributed by atoms with Crippen molar-refractivity contribution < 1.29 is 27.6 Å². The summed E-state index contributed by atoms with van der Waals surface area (Å²) in [5, 5.41) is 23.2. The number of phenols is 1. The van der Waals surface area contributed by atoms with Crippen LogP contribution in [-0.4, -0.2) is 47.3 Å². The average Bonchev–Trinajstić information content (AvgIpc) is 2.43. The number of aromatic hydroxyl groups is 1. The fraction of sp³-hybridized carbons (Fsp3) is 0.500. The Morgan fingerprint density at radius 1 is 1.32 bits per heavy atom. The van der Waals surface area contributed by atoms with Gasteiger partial charge in [-0.2, -0.15) is 13.2 Å². The summed E-state index contributed by atoms with van der Waals surface area (Å²) in [7, 11) is 0. The molecule has 2 N–H and O–H groups in total. The van der Waals surface area contributed by atoms with Gasteiger partial charge in [-0.05, 0) is 0 Å². The Balaban J connectivity index is 2.53. The first kappa shape index (κ1) is 16.4. The van der Waals surface area contributed by atoms with Gasteiger partial charge in [-0.25, -0.2) is 4.39 Å². The third-order valence-corrected chi connectivity index (χ3v) is 3.41. The summed E-state index contributed by atoms with van der Waals surface area (Å²) in [6, 6.07) is -1.34. The number of rotatable bonds is 3. The van der Waals surface area contributed by atoms with E-state index in [2.05, 4.69) is 5.32 Å². The van der Waals surface area contributed by atoms with E-state index < -0.39 is 40.0 Å². The quantitative estimate of drug-likeness (QED) is 0.505. The highest BCUT2D eigenvalue weighted by Crippen LogP contribution is 2.43. The van der Waals surface area contributed by atoms with E-state index in [0.717, 1.165) is 4.90 Å². The largest absolute Gasteiger partial charge is 0.505 e. The van der Waals surface area contributed by atoms with Crippen LogP contribution in [0.2, 0.25) is 0 Å². The number of nitro benzene ring substituents is 1. The Morgan fingerprint density at radius 2 is 1.91 bits per heavy atom. The molecule has 1 saturated heterocycles. The molecule has 0 spiro atoms. The molecule has 0 radical (unpaired) electrons. The topological polar surface area (TPSA) is 78.6 Å². The number of alkyl halides is 3. The predicted molar refractivity (Wildman–Crippen MR) is 68.0 cm³/mol. The summed E-state index contributed by atoms with van der Waals surface area (Å²) >= 11 is 0. The summed E-state index contributed by atoms with van der Waals surface area (Å²) in [5.74, 6) is -2.67. The Morgan fingerprint density at radius 3 is 2.41 bits per heavy atom. The van der Waals surface area contributed by atoms with Crippen molar-refractivity contribution in [3.05, 3.63) is 33.6 Å². The molecule has 0 unspecified atom stereocenters. The van der Waals surface area contributed by atoms with Gasteiger partial charge in [0.05, 0.1) is 11.0 Å². The molecule has 22 heavy (non-hydrogen) atoms. The van der Waals surface area contributed by atoms with Gasteiger partial charge in [0.15, 0.2) is 11.6 Å². The maximum absolute atomic E-state index is 13.6. The van der Waals surface area contributed by atoms with Gasteiger partial charge in [-0.3, -0.25) is 15.0 Å². The van der Waals surface area contributed by atoms with E-state index in [-0.39, 0.29) is 13.1 Å². The second-order valence-electron chi connectivity index (χ2n) is 4.85. The summed E-state index contributed by atoms with van der Waals surface area (Å²) in [5.41, 5.74) is -1.68. The standard InChI is InChI=1S/C12H13F4N3O3/c13-9-6-7(19(21)22)5-8(10(9)20)11(12(14,15)16)18-3-1-17-2-4-18/h5-6,11,17,20H,1-4H2/t11-/m1/s1. The lowest BCUT2D eigenvalue weighted by Crippen LogP contribution is -2.49. The van der Waals surface area contributed by atoms with Gasteiger partial charge in [0.1, 0.15) is 6.04 Å². The molecule has 10 heteroatoms. The highest BCUT2D eigenvalue weighted by Gasteiger charge is 2.47. The van der Waals surface area contributed by atoms with E-state index in [9.17, 15) is 32.8 Å². The third kappa shape index (κ3) is 3.28. The second-order valence-corrected chi connectivity index (χ2v) is 4.85. The predicted octanol–water partition coefficient (Wildman–Crippen LogP) is 1.95. The molecule has 1 aliphatic heterocycles. The highest BCUT2D eigenvalue weighted by atomic mass is 19.4. The number of hydrogen-bond donors (Lipinski definition) is 2. The van der Waals surface area contributed by atoms with Gasteiger partial charge in [-0.15, -0.1) is 0 Å². The minimum absolute atomic E-state index is 0.0218. The van der Waals surface area contributed by atoms with Crippen LogP contribution in [0, 0.1) is 15.9 Å². The molecule has 0 bridgehead atoms. The van der Waals surface area contributed by atoms with Crippen LogP contribution in [0.3, 0.4) is 0 Å². The summed E-state index contributed by atoms with van der Waals surface area (Å²) in [4.78, 5) is 10.7. The second kappa shape index (κ2) is 6.05. The zero-order valence-electron chi connectivity index (χ0n) is 11.2. The number of hydrogen-bond acceptors (Lipinski definition) is 5. The number of nitro groups is 1. The Hall–Kier alpha value is -1.94. The fourth-order valence-electron chi connectivity index (χ4n) is 2.44. The maximum atomic E-state index is 13.6. The lowest BCUT2D eigenvalue weighted by Gasteiger charge is -2.36. The van der Waals surface area contributed by atoms with E-state index in [4.69, 9.17) is 0 Å². The van der Waals surface area contributed by atoms with E-state index in [1.165, 1.54) is 0 Å². The van der Waals surface area contributed by atoms with Gasteiger partial charge in [0.2, 0.25) is 0 Å². The van der Waals surface area contributed by atoms with Gasteiger partial charge in [0.25, 0.3) is 5.69 Å². The van der Waals surface area contributed by atoms with Crippen molar-refractivity contribution in [2.24, 2.45) is 0 Å². The number of piperazine rings is 1. The lowest BCUT2D eigenvalue weighted by atomic mass is 10.0. The first-order valence-electron chi connectivity index (χ1n) is 6.40. The van der Waals surface area contributed by atoms with Crippen molar-refractivity contribution in [1.82, 2.24) is 10.2 Å². The number of nitrogens with one attached hydrogen (secondary N) is 1. The van der Waals surface area contributed by atoms with Crippen LogP contribution in [-0.2, 0) is 0 Å². The monoisotopic (exact) mass is 323 g/mol. The highest BCUT2D eigenvalue weighted by molar-refractivity contribution is 5.46. The molecule has 0 aliphatic carbocycles. The lowest BCUT2D eigenvalue weighted by molar-refractivity contribution is -0.385. The molecule has 1 atom stereocenters. The molecule has 0 amide bonds. The number of nitrogens with zero attached hydrogens (tertiary/aromatic N) is 2. The molecule has 1 fully saturated rings. The molecule has 0 aromatic heterocycles. The molecule has 1 aromatic rings. The minimum atomic E-state index is -4.81. The fourth-order valence-corrected chi connectivity index (χ4v) is 2.44. The molecule has 1 aliphatic rings. The maximum Gasteiger partial charge on any atom is 0.408 e. The van der Waals surface area contributed by atoms with Crippen molar-refractivity contribution in [2.45, 2.75) is 12.2 Å². The van der Waals surface area contributed by atoms with Crippen LogP contribution in [0.25, 0.3) is 0 Å². The first-order valence-corrected chi connectivity index (χ1v) is 6.40. The molecular weight excluding hydrogens is 310 g/mol. The molecule has 0 saturated carbocycles. The van der Waals surface area contributed by atoms with Crippen LogP contribution in [0.1, 0.15) is 11.6 Å². The van der Waals surface area contributed by atoms with E-state index in [1.807, 2.05) is 0 Å². The van der Waals surface area contributed by atoms with E-state index in [1.54, 1.807) is 0 Å². The Bertz CT molecular complexity index is 573. The van der Waals surface area contributed by atoms with E-state index >= 15 is 0 Å². The first-order chi connectivity index (χ1) is 10.2. The van der Waals surface area contributed by atoms with E-state index in [0.29, 0.717) is 25.2 Å². The number of halogens is 4. The van der Waals surface area contributed by atoms with Crippen LogP contribution in [0.4, 0.5) is 23.2 Å². The van der Waals surface area contributed by atoms with Crippen LogP contribution < -0.4 is 5.32 Å². The SMILES string of the molecule is O=[N+]([O-])c1cc(F)c(O)c([C@@H](N2CCNCC2)C(F)(F)F)c1. The summed E-state index contributed by atoms with van der Waals surface area (Å²) in [6.45, 7) is 0.636. The van der Waals surface area contributed by atoms with Crippen LogP contribution in [0.5, 0.6) is 5.75 Å². The Labute approximate surface area is 122 Å². The smallest absolute Gasteiger partial charge is 0.408 e. The van der Waals surface area contributed by atoms with Gasteiger partial charge in [-0.1, -0.05) is 0 Å². The van der Waals surface area contributed by atoms with Crippen molar-refractivity contribution >= 4 is 5.69 Å². The number of non-ortho nitro benzene ring substituents is 1. The summed E-state index contributed by atoms with van der Waals surface area (Å²) in [6.07, 6.45) is -4.81. The normalized spacial score (nSPS) is 18.2. The van der Waals surface area contributed by atoms with Crippen LogP contribution in [0.15, 0.2) is 12.1 Å². The van der Waals surface area contributed by atoms with Gasteiger partial charge in [0, 0.05) is 37.8 Å². The zero-order chi connectivity index (χ0) is 16.5. The molecule has 1 aromatic carbocycles. The average molecular weight is 323 g/mol. The molecule has 1 heterocycles. The number of phenolic OH excluding ortho intramolecular Hbond substituents is 1. The van der Waals surface area contributed by atoms with Gasteiger partial charge < -0.3 is 10.4 Å². The minimum Gasteiger partial charge on any atom is -0.505 e. The van der Waals surface area contributed by atoms with Crippen molar-refractivity contribution in [3.8, 4) is 5.75 Å². The van der Waals surface area contributed by atoms with Crippen molar-refractivity contribution in [3.63, 3.8) is 0 Å². The molecule has 2 rings (SSSR count). The van der Waals surface area contributed by atoms with Crippen molar-refractivity contribution in [2.75, 3.05) is 26.2 Å². The molecular formula is C12H13F4N3O3.